The van der Waals surface area contributed by atoms with E-state index < -0.39 is 58.4 Å². The SMILES string of the molecule is O=C(Oc1ccc([N+](=O)[O-])cc1C1CN(S(=O)(=O)C2CC2)C1)Oc1ccc([N+](=O)[O-])cc1C1CN(S(=O)(=O)C2CC2)C1. The maximum absolute atomic E-state index is 12.9. The first-order valence-electron chi connectivity index (χ1n) is 13.3. The number of hydrogen-bond acceptors (Lipinski definition) is 11. The van der Waals surface area contributed by atoms with Crippen LogP contribution < -0.4 is 9.47 Å². The molecule has 0 spiro atoms. The van der Waals surface area contributed by atoms with Crippen LogP contribution in [0.5, 0.6) is 11.5 Å². The minimum atomic E-state index is -3.43. The van der Waals surface area contributed by atoms with Crippen molar-refractivity contribution in [2.75, 3.05) is 26.2 Å². The van der Waals surface area contributed by atoms with Crippen LogP contribution in [0.2, 0.25) is 0 Å². The Hall–Kier alpha value is -3.67. The lowest BCUT2D eigenvalue weighted by Crippen LogP contribution is -2.49. The smallest absolute Gasteiger partial charge is 0.394 e. The molecule has 17 heteroatoms. The molecule has 6 rings (SSSR count). The highest BCUT2D eigenvalue weighted by Gasteiger charge is 2.47. The number of ether oxygens (including phenoxy) is 2. The molecule has 0 amide bonds. The van der Waals surface area contributed by atoms with Crippen molar-refractivity contribution < 1.29 is 41.0 Å². The van der Waals surface area contributed by atoms with Crippen molar-refractivity contribution in [3.05, 3.63) is 67.8 Å². The topological polar surface area (TPSA) is 197 Å². The van der Waals surface area contributed by atoms with Gasteiger partial charge in [-0.1, -0.05) is 0 Å². The summed E-state index contributed by atoms with van der Waals surface area (Å²) < 4.78 is 63.5. The van der Waals surface area contributed by atoms with Crippen LogP contribution in [0.15, 0.2) is 36.4 Å². The molecule has 15 nitrogen and oxygen atoms in total. The maximum Gasteiger partial charge on any atom is 0.519 e. The van der Waals surface area contributed by atoms with Crippen molar-refractivity contribution >= 4 is 37.6 Å². The zero-order valence-corrected chi connectivity index (χ0v) is 23.7. The molecule has 2 saturated carbocycles. The normalized spacial score (nSPS) is 20.4. The van der Waals surface area contributed by atoms with E-state index in [1.54, 1.807) is 0 Å². The fourth-order valence-electron chi connectivity index (χ4n) is 5.16. The van der Waals surface area contributed by atoms with E-state index in [9.17, 15) is 41.9 Å². The molecular formula is C25H26N4O11S2. The minimum Gasteiger partial charge on any atom is -0.394 e. The number of nitro groups is 2. The Labute approximate surface area is 240 Å². The van der Waals surface area contributed by atoms with Crippen molar-refractivity contribution in [3.63, 3.8) is 0 Å². The summed E-state index contributed by atoms with van der Waals surface area (Å²) in [4.78, 5) is 34.5. The second-order valence-electron chi connectivity index (χ2n) is 10.9. The molecule has 2 aromatic carbocycles. The van der Waals surface area contributed by atoms with E-state index in [4.69, 9.17) is 9.47 Å². The Balaban J connectivity index is 1.19. The molecule has 0 N–H and O–H groups in total. The zero-order valence-electron chi connectivity index (χ0n) is 22.0. The van der Waals surface area contributed by atoms with Gasteiger partial charge in [-0.2, -0.15) is 0 Å². The summed E-state index contributed by atoms with van der Waals surface area (Å²) in [5, 5.41) is 22.0. The van der Waals surface area contributed by atoms with E-state index in [0.29, 0.717) is 25.7 Å². The molecule has 0 atom stereocenters. The molecular weight excluding hydrogens is 596 g/mol. The average Bonchev–Trinajstić information content (AvgIpc) is 3.75. The van der Waals surface area contributed by atoms with E-state index in [2.05, 4.69) is 0 Å². The van der Waals surface area contributed by atoms with Crippen molar-refractivity contribution in [2.45, 2.75) is 48.0 Å². The van der Waals surface area contributed by atoms with Crippen LogP contribution in [0.3, 0.4) is 0 Å². The van der Waals surface area contributed by atoms with Gasteiger partial charge in [0, 0.05) is 73.4 Å². The highest BCUT2D eigenvalue weighted by molar-refractivity contribution is 7.90. The molecule has 0 unspecified atom stereocenters. The van der Waals surface area contributed by atoms with Gasteiger partial charge < -0.3 is 9.47 Å². The highest BCUT2D eigenvalue weighted by atomic mass is 32.2. The first-order valence-corrected chi connectivity index (χ1v) is 16.3. The minimum absolute atomic E-state index is 0.0483. The third-order valence-electron chi connectivity index (χ3n) is 7.98. The van der Waals surface area contributed by atoms with Crippen molar-refractivity contribution in [3.8, 4) is 11.5 Å². The molecule has 0 aromatic heterocycles. The summed E-state index contributed by atoms with van der Waals surface area (Å²) in [6.45, 7) is 0.333. The largest absolute Gasteiger partial charge is 0.519 e. The van der Waals surface area contributed by atoms with Crippen LogP contribution >= 0.6 is 0 Å². The molecule has 2 aromatic rings. The third-order valence-corrected chi connectivity index (χ3v) is 12.6. The van der Waals surface area contributed by atoms with Gasteiger partial charge in [0.05, 0.1) is 20.3 Å². The molecule has 2 saturated heterocycles. The second kappa shape index (κ2) is 10.3. The number of rotatable bonds is 10. The van der Waals surface area contributed by atoms with Crippen molar-refractivity contribution in [1.29, 1.82) is 0 Å². The standard InChI is InChI=1S/C25H26N4O11S2/c30-25(39-23-7-1-17(28(31)32)9-21(23)15-11-26(12-15)41(35,36)19-3-4-19)40-24-8-2-18(29(33)34)10-22(24)16-13-27(14-16)42(37,38)20-5-6-20/h1-2,7-10,15-16,19-20H,3-6,11-14H2. The second-order valence-corrected chi connectivity index (χ2v) is 15.4. The number of nitrogens with zero attached hydrogens (tertiary/aromatic N) is 4. The first-order chi connectivity index (χ1) is 19.8. The number of nitro benzene ring substituents is 2. The number of sulfonamides is 2. The molecule has 2 aliphatic carbocycles. The van der Waals surface area contributed by atoms with E-state index in [1.165, 1.54) is 32.9 Å². The van der Waals surface area contributed by atoms with Crippen LogP contribution in [0.25, 0.3) is 0 Å². The van der Waals surface area contributed by atoms with Crippen LogP contribution in [-0.2, 0) is 20.0 Å². The summed E-state index contributed by atoms with van der Waals surface area (Å²) in [5.74, 6) is -1.00. The van der Waals surface area contributed by atoms with Gasteiger partial charge in [-0.15, -0.1) is 0 Å². The van der Waals surface area contributed by atoms with Gasteiger partial charge in [-0.3, -0.25) is 20.2 Å². The number of carbonyl (C=O) groups is 1. The molecule has 4 fully saturated rings. The van der Waals surface area contributed by atoms with E-state index in [1.807, 2.05) is 0 Å². The van der Waals surface area contributed by atoms with E-state index in [-0.39, 0.29) is 60.2 Å². The van der Waals surface area contributed by atoms with Crippen LogP contribution in [-0.4, -0.2) is 78.1 Å². The number of benzene rings is 2. The molecule has 4 aliphatic rings. The predicted octanol–water partition coefficient (Wildman–Crippen LogP) is 2.86. The molecule has 2 aliphatic heterocycles. The van der Waals surface area contributed by atoms with Gasteiger partial charge in [0.15, 0.2) is 0 Å². The van der Waals surface area contributed by atoms with Gasteiger partial charge >= 0.3 is 6.16 Å². The monoisotopic (exact) mass is 622 g/mol. The Kier molecular flexibility index (Phi) is 6.94. The maximum atomic E-state index is 12.9. The number of hydrogen-bond donors (Lipinski definition) is 0. The Morgan fingerprint density at radius 1 is 0.690 bits per heavy atom. The molecule has 2 heterocycles. The van der Waals surface area contributed by atoms with E-state index >= 15 is 0 Å². The molecule has 224 valence electrons. The molecule has 0 bridgehead atoms. The van der Waals surface area contributed by atoms with Gasteiger partial charge in [-0.05, 0) is 37.8 Å². The summed E-state index contributed by atoms with van der Waals surface area (Å²) in [5.41, 5.74) is 0.0181. The Morgan fingerprint density at radius 2 is 1.05 bits per heavy atom. The van der Waals surface area contributed by atoms with Crippen molar-refractivity contribution in [2.24, 2.45) is 0 Å². The summed E-state index contributed by atoms with van der Waals surface area (Å²) in [7, 11) is -6.86. The average molecular weight is 623 g/mol. The van der Waals surface area contributed by atoms with Crippen LogP contribution in [0.1, 0.15) is 48.6 Å². The zero-order chi connectivity index (χ0) is 30.0. The van der Waals surface area contributed by atoms with Crippen LogP contribution in [0.4, 0.5) is 16.2 Å². The lowest BCUT2D eigenvalue weighted by molar-refractivity contribution is -0.385. The molecule has 42 heavy (non-hydrogen) atoms. The fourth-order valence-corrected chi connectivity index (χ4v) is 9.02. The van der Waals surface area contributed by atoms with Gasteiger partial charge in [-0.25, -0.2) is 30.2 Å². The summed E-state index contributed by atoms with van der Waals surface area (Å²) in [6.07, 6.45) is 1.17. The Bertz CT molecular complexity index is 1570. The van der Waals surface area contributed by atoms with Crippen LogP contribution in [0, 0.1) is 20.2 Å². The predicted molar refractivity (Wildman–Crippen MR) is 145 cm³/mol. The number of carbonyl (C=O) groups excluding carboxylic acids is 1. The quantitative estimate of drug-likeness (QED) is 0.163. The van der Waals surface area contributed by atoms with Gasteiger partial charge in [0.1, 0.15) is 11.5 Å². The number of non-ortho nitro benzene ring substituents is 2. The van der Waals surface area contributed by atoms with Crippen molar-refractivity contribution in [1.82, 2.24) is 8.61 Å². The lowest BCUT2D eigenvalue weighted by atomic mass is 9.92. The fraction of sp³-hybridized carbons (Fsp3) is 0.480. The third kappa shape index (κ3) is 5.32. The Morgan fingerprint density at radius 3 is 1.36 bits per heavy atom. The van der Waals surface area contributed by atoms with Gasteiger partial charge in [0.25, 0.3) is 11.4 Å². The van der Waals surface area contributed by atoms with E-state index in [0.717, 1.165) is 12.1 Å². The molecule has 0 radical (unpaired) electrons. The first kappa shape index (κ1) is 28.4. The summed E-state index contributed by atoms with van der Waals surface area (Å²) >= 11 is 0. The lowest BCUT2D eigenvalue weighted by Gasteiger charge is -2.39. The summed E-state index contributed by atoms with van der Waals surface area (Å²) in [6, 6.07) is 7.21. The highest BCUT2D eigenvalue weighted by Crippen LogP contribution is 2.43. The van der Waals surface area contributed by atoms with Gasteiger partial charge in [0.2, 0.25) is 20.0 Å².